The number of aliphatic hydroxyl groups excluding tert-OH is 4. The zero-order chi connectivity index (χ0) is 102. The summed E-state index contributed by atoms with van der Waals surface area (Å²) in [5.74, 6) is -0.124. The zero-order valence-corrected chi connectivity index (χ0v) is 80.5. The Hall–Kier alpha value is -16.1. The van der Waals surface area contributed by atoms with Gasteiger partial charge < -0.3 is 111 Å². The third-order valence-electron chi connectivity index (χ3n) is 19.1. The molecule has 0 spiro atoms. The molecule has 0 bridgehead atoms. The molecule has 2 aromatic heterocycles. The number of carboxylic acids is 2. The molecule has 3 amide bonds. The number of phenols is 1. The first-order valence-corrected chi connectivity index (χ1v) is 44.7. The Morgan fingerprint density at radius 2 is 0.674 bits per heavy atom. The third-order valence-corrected chi connectivity index (χ3v) is 19.7. The van der Waals surface area contributed by atoms with Gasteiger partial charge in [0.2, 0.25) is 5.78 Å². The van der Waals surface area contributed by atoms with Gasteiger partial charge in [0.1, 0.15) is 92.7 Å². The SMILES string of the molecule is C.CC(=O)O.CC(=O)c1ccccc1OCc1ccccc1.Cl.N.N[C@@H](CO)c1ncc(-c2ccccc2O)[nH]1.O=C(CBr)c1ccccc1OCc1ccccc1.O=C(N[C@@H](CO)C(=O)O)OCc1ccccc1.O=C(N[C@@H](CO)C(=O)OCC(=O)c1ccccc1OCc1ccccc1)OCc1ccccc1.O=C(N[C@@H](CO)c1ncc(-c2ccccc2OCc2ccccc2)[nH]1)OCc1ccccc1.[B][B]. The molecule has 0 aliphatic carbocycles. The van der Waals surface area contributed by atoms with Gasteiger partial charge in [-0.3, -0.25) is 19.2 Å². The van der Waals surface area contributed by atoms with Gasteiger partial charge in [-0.15, -0.1) is 12.4 Å². The van der Waals surface area contributed by atoms with Crippen LogP contribution in [0.3, 0.4) is 0 Å². The van der Waals surface area contributed by atoms with Gasteiger partial charge in [0, 0.05) is 33.5 Å². The zero-order valence-electron chi connectivity index (χ0n) is 78.1. The number of aromatic amines is 2. The van der Waals surface area contributed by atoms with Crippen LogP contribution in [0.1, 0.15) is 115 Å². The van der Waals surface area contributed by atoms with Crippen molar-refractivity contribution in [2.75, 3.05) is 38.4 Å². The van der Waals surface area contributed by atoms with E-state index in [-0.39, 0.29) is 88.5 Å². The summed E-state index contributed by atoms with van der Waals surface area (Å²) in [4.78, 5) is 117. The van der Waals surface area contributed by atoms with Crippen molar-refractivity contribution in [2.24, 2.45) is 5.73 Å². The highest BCUT2D eigenvalue weighted by Crippen LogP contribution is 2.32. The number of nitrogens with zero attached hydrogens (tertiary/aromatic N) is 2. The number of aromatic nitrogens is 4. The Morgan fingerprint density at radius 1 is 0.375 bits per heavy atom. The van der Waals surface area contributed by atoms with E-state index >= 15 is 0 Å². The number of imidazole rings is 2. The van der Waals surface area contributed by atoms with Crippen molar-refractivity contribution in [2.45, 2.75) is 91.7 Å². The fourth-order valence-corrected chi connectivity index (χ4v) is 12.4. The first kappa shape index (κ1) is 120. The van der Waals surface area contributed by atoms with E-state index in [4.69, 9.17) is 68.8 Å². The smallest absolute Gasteiger partial charge is 0.408 e. The van der Waals surface area contributed by atoms with Crippen LogP contribution in [0.2, 0.25) is 0 Å². The standard InChI is InChI=1S/C26H25N3O4.C26H25NO7.C15H13BrO2.C15H14O2.C11H13N3O2.C11H13NO5.C2H4O2.CH4.B2.ClH.H3N/c30-16-23(29-26(31)33-18-20-11-5-2-6-12-20)25-27-15-22(28-25)21-13-7-8-14-24(21)32-17-19-9-3-1-4-10-19;28-15-22(27-26(31)34-17-20-11-5-2-6-12-20)25(30)33-18-23(29)21-13-7-8-14-24(21)32-16-19-9-3-1-4-10-19;16-10-14(17)13-8-4-5-9-15(13)18-11-12-6-2-1-3-7-12;1-12(16)14-9-5-6-10-15(14)17-11-13-7-3-2-4-8-13;12-8(6-15)11-13-5-9(14-11)7-3-1-2-4-10(7)16;13-6-9(10(14)15)12-11(16)17-7-8-4-2-1-3-5-8;1-2(3)4;;1-2;;/h1-15,23,30H,16-18H2,(H,27,28)(H,29,31);1-14,22,28H,15-18H2,(H,27,31);1-9H,10-11H2;2-10H,11H2,1H3;1-5,8,15-16H,6,12H2,(H,13,14);1-5,9,13H,6-7H2,(H,12,16)(H,14,15);1H3,(H,3,4);1H4;;1H;1H3/t23-;22-;;;8-;9-;;;;;/m00..00...../s1. The number of carbonyl (C=O) groups excluding carboxylic acids is 7. The number of rotatable bonds is 37. The number of aliphatic carboxylic acids is 2. The number of Topliss-reactive ketones (excluding diaryl/α,β-unsaturated/α-hetero) is 3. The van der Waals surface area contributed by atoms with Crippen molar-refractivity contribution in [1.29, 1.82) is 0 Å². The van der Waals surface area contributed by atoms with Crippen LogP contribution in [0, 0.1) is 0 Å². The van der Waals surface area contributed by atoms with Crippen LogP contribution in [0.5, 0.6) is 28.7 Å². The minimum Gasteiger partial charge on any atom is -0.507 e. The first-order chi connectivity index (χ1) is 68.4. The second kappa shape index (κ2) is 68.9. The maximum absolute atomic E-state index is 12.6. The molecule has 0 unspecified atom stereocenters. The van der Waals surface area contributed by atoms with Gasteiger partial charge in [-0.2, -0.15) is 0 Å². The normalized spacial score (nSPS) is 10.7. The van der Waals surface area contributed by atoms with Gasteiger partial charge in [-0.1, -0.05) is 296 Å². The van der Waals surface area contributed by atoms with E-state index in [2.05, 4.69) is 62.0 Å². The molecule has 12 aromatic carbocycles. The molecule has 17 N–H and O–H groups in total. The number of alkyl carbamates (subject to hydrolysis) is 3. The lowest BCUT2D eigenvalue weighted by atomic mass is 9.81. The summed E-state index contributed by atoms with van der Waals surface area (Å²) < 4.78 is 43.2. The summed E-state index contributed by atoms with van der Waals surface area (Å²) in [6, 6.07) is 98.3. The van der Waals surface area contributed by atoms with Crippen molar-refractivity contribution in [3.63, 3.8) is 0 Å². The van der Waals surface area contributed by atoms with E-state index in [1.54, 1.807) is 122 Å². The van der Waals surface area contributed by atoms with E-state index in [0.29, 0.717) is 87.9 Å². The number of amides is 3. The molecule has 752 valence electrons. The Bertz CT molecular complexity index is 6100. The van der Waals surface area contributed by atoms with E-state index < -0.39 is 86.0 Å². The van der Waals surface area contributed by atoms with Crippen LogP contribution in [0.4, 0.5) is 14.4 Å². The molecule has 14 rings (SSSR count). The molecule has 4 atom stereocenters. The van der Waals surface area contributed by atoms with Crippen LogP contribution < -0.4 is 46.8 Å². The van der Waals surface area contributed by atoms with Crippen molar-refractivity contribution in [1.82, 2.24) is 42.0 Å². The molecule has 0 saturated carbocycles. The predicted molar refractivity (Wildman–Crippen MR) is 552 cm³/mol. The average molecular weight is 2050 g/mol. The average Bonchev–Trinajstić information content (AvgIpc) is 1.67. The Morgan fingerprint density at radius 3 is 1.03 bits per heavy atom. The van der Waals surface area contributed by atoms with Crippen LogP contribution in [0.15, 0.2) is 346 Å². The summed E-state index contributed by atoms with van der Waals surface area (Å²) in [5, 5.41) is 69.7. The van der Waals surface area contributed by atoms with E-state index in [1.165, 1.54) is 0 Å². The maximum atomic E-state index is 12.6. The van der Waals surface area contributed by atoms with Crippen molar-refractivity contribution >= 4 is 97.3 Å². The van der Waals surface area contributed by atoms with Crippen LogP contribution in [-0.4, -0.2) is 175 Å². The summed E-state index contributed by atoms with van der Waals surface area (Å²) >= 11 is 3.18. The Labute approximate surface area is 851 Å². The van der Waals surface area contributed by atoms with Gasteiger partial charge in [0.25, 0.3) is 5.97 Å². The van der Waals surface area contributed by atoms with Crippen LogP contribution in [0.25, 0.3) is 22.5 Å². The summed E-state index contributed by atoms with van der Waals surface area (Å²) in [6.45, 7) is 1.97. The Kier molecular flexibility index (Phi) is 57.5. The second-order valence-electron chi connectivity index (χ2n) is 29.6. The number of aromatic hydroxyl groups is 1. The largest absolute Gasteiger partial charge is 0.507 e. The van der Waals surface area contributed by atoms with Crippen LogP contribution >= 0.6 is 28.3 Å². The number of aliphatic hydroxyl groups is 4. The fourth-order valence-electron chi connectivity index (χ4n) is 12.1. The number of nitrogens with two attached hydrogens (primary N) is 1. The van der Waals surface area contributed by atoms with Gasteiger partial charge in [-0.25, -0.2) is 33.9 Å². The van der Waals surface area contributed by atoms with Crippen molar-refractivity contribution in [3.05, 3.63) is 413 Å². The molecule has 0 aliphatic rings. The number of carbonyl (C=O) groups is 9. The minimum absolute atomic E-state index is 0. The van der Waals surface area contributed by atoms with Crippen LogP contribution in [-0.2, 0) is 79.6 Å². The number of para-hydroxylation sites is 5. The lowest BCUT2D eigenvalue weighted by Crippen LogP contribution is -2.45. The summed E-state index contributed by atoms with van der Waals surface area (Å²) in [5.41, 5.74) is 16.6. The number of ketones is 3. The number of hydrogen-bond acceptors (Lipinski definition) is 26. The first-order valence-electron chi connectivity index (χ1n) is 43.5. The van der Waals surface area contributed by atoms with Gasteiger partial charge in [0.15, 0.2) is 30.3 Å². The number of hydrogen-bond donors (Lipinski definition) is 14. The fraction of sp³-hybridized carbons (Fsp3) is 0.187. The van der Waals surface area contributed by atoms with Gasteiger partial charge in [-0.05, 0) is 107 Å². The molecule has 14 aromatic rings. The molecule has 0 fully saturated rings. The molecular weight excluding hydrogens is 1930 g/mol. The topological polar surface area (TPSA) is 524 Å². The maximum Gasteiger partial charge on any atom is 0.408 e. The minimum atomic E-state index is -1.37. The van der Waals surface area contributed by atoms with Crippen molar-refractivity contribution in [3.8, 4) is 51.3 Å². The number of halogens is 2. The number of ether oxygens (including phenoxy) is 8. The molecule has 4 radical (unpaired) electrons. The third kappa shape index (κ3) is 44.2. The highest BCUT2D eigenvalue weighted by atomic mass is 79.9. The summed E-state index contributed by atoms with van der Waals surface area (Å²) in [7, 11) is 8.00. The quantitative estimate of drug-likeness (QED) is 0.00565. The van der Waals surface area contributed by atoms with Gasteiger partial charge >= 0.3 is 30.2 Å². The second-order valence-corrected chi connectivity index (χ2v) is 30.1. The molecule has 33 nitrogen and oxygen atoms in total. The molecule has 0 saturated heterocycles. The molecule has 144 heavy (non-hydrogen) atoms. The van der Waals surface area contributed by atoms with Crippen molar-refractivity contribution < 1.29 is 117 Å². The number of H-pyrrole nitrogens is 2. The highest BCUT2D eigenvalue weighted by molar-refractivity contribution is 9.09. The lowest BCUT2D eigenvalue weighted by molar-refractivity contribution is -0.146. The number of phenolic OH excluding ortho intramolecular Hbond substituents is 1. The number of esters is 1. The Balaban J connectivity index is 0.000000364. The number of nitrogens with one attached hydrogen (secondary N) is 5. The summed E-state index contributed by atoms with van der Waals surface area (Å²) in [6.07, 6.45) is 0.822. The van der Waals surface area contributed by atoms with Gasteiger partial charge in [0.05, 0.1) is 78.3 Å². The lowest BCUT2D eigenvalue weighted by Gasteiger charge is -2.16. The highest BCUT2D eigenvalue weighted by Gasteiger charge is 2.26. The number of alkyl halides is 1. The van der Waals surface area contributed by atoms with E-state index in [9.17, 15) is 53.7 Å². The molecule has 2 heterocycles. The number of benzene rings is 12. The monoisotopic (exact) mass is 2050 g/mol. The molecular formula is C107H115B2BrClN9O24. The molecule has 37 heteroatoms. The van der Waals surface area contributed by atoms with E-state index in [1.807, 2.05) is 236 Å². The predicted octanol–water partition coefficient (Wildman–Crippen LogP) is 16.9. The molecule has 0 aliphatic heterocycles. The van der Waals surface area contributed by atoms with E-state index in [0.717, 1.165) is 51.4 Å². The number of carboxylic acid groups (broad SMARTS) is 2.